The Labute approximate surface area is 160 Å². The topological polar surface area (TPSA) is 92.8 Å². The number of Topliss-reactive ketones (excluding diaryl/α,β-unsaturated/α-hetero) is 1. The number of amides is 2. The van der Waals surface area contributed by atoms with Crippen LogP contribution in [0, 0.1) is 0 Å². The van der Waals surface area contributed by atoms with E-state index >= 15 is 0 Å². The zero-order valence-corrected chi connectivity index (χ0v) is 16.0. The van der Waals surface area contributed by atoms with Crippen molar-refractivity contribution in [2.24, 2.45) is 0 Å². The lowest BCUT2D eigenvalue weighted by Gasteiger charge is -2.22. The van der Waals surface area contributed by atoms with Crippen molar-refractivity contribution in [3.05, 3.63) is 35.9 Å². The zero-order valence-electron chi connectivity index (χ0n) is 16.0. The zero-order chi connectivity index (χ0) is 20.1. The highest BCUT2D eigenvalue weighted by molar-refractivity contribution is 5.97. The van der Waals surface area contributed by atoms with Gasteiger partial charge in [0.05, 0.1) is 13.0 Å². The van der Waals surface area contributed by atoms with Crippen LogP contribution in [0.15, 0.2) is 30.3 Å². The molecule has 0 aliphatic rings. The molecular formula is C20H28N2O5. The Morgan fingerprint density at radius 2 is 1.70 bits per heavy atom. The number of nitrogens with zero attached hydrogens (tertiary/aromatic N) is 1. The highest BCUT2D eigenvalue weighted by Crippen LogP contribution is 2.08. The number of rotatable bonds is 12. The monoisotopic (exact) mass is 376 g/mol. The van der Waals surface area contributed by atoms with Gasteiger partial charge in [-0.2, -0.15) is 0 Å². The molecule has 0 spiro atoms. The number of benzene rings is 1. The summed E-state index contributed by atoms with van der Waals surface area (Å²) >= 11 is 0. The first kappa shape index (κ1) is 22.3. The third-order valence-electron chi connectivity index (χ3n) is 3.88. The summed E-state index contributed by atoms with van der Waals surface area (Å²) in [5, 5.41) is 2.67. The molecule has 0 aromatic heterocycles. The summed E-state index contributed by atoms with van der Waals surface area (Å²) in [6, 6.07) is 8.83. The lowest BCUT2D eigenvalue weighted by Crippen LogP contribution is -2.36. The normalized spacial score (nSPS) is 10.1. The van der Waals surface area contributed by atoms with Crippen LogP contribution in [0.1, 0.15) is 49.9 Å². The number of hydrogen-bond donors (Lipinski definition) is 1. The SMILES string of the molecule is CCOC(=O)CCN(CCCNC(C)=O)C(=O)CCC(=O)c1ccccc1. The van der Waals surface area contributed by atoms with Gasteiger partial charge in [-0.1, -0.05) is 30.3 Å². The molecule has 0 aliphatic carbocycles. The van der Waals surface area contributed by atoms with Crippen LogP contribution < -0.4 is 5.32 Å². The van der Waals surface area contributed by atoms with E-state index in [1.54, 1.807) is 36.1 Å². The number of carbonyl (C=O) groups excluding carboxylic acids is 4. The lowest BCUT2D eigenvalue weighted by atomic mass is 10.1. The van der Waals surface area contributed by atoms with Gasteiger partial charge in [0.25, 0.3) is 0 Å². The van der Waals surface area contributed by atoms with E-state index in [0.29, 0.717) is 31.7 Å². The standard InChI is InChI=1S/C20H28N2O5/c1-3-27-20(26)12-15-22(14-7-13-21-16(2)23)19(25)11-10-18(24)17-8-5-4-6-9-17/h4-6,8-9H,3,7,10-15H2,1-2H3,(H,21,23). The molecule has 0 saturated heterocycles. The Hall–Kier alpha value is -2.70. The summed E-state index contributed by atoms with van der Waals surface area (Å²) in [5.74, 6) is -0.774. The van der Waals surface area contributed by atoms with Gasteiger partial charge in [0.1, 0.15) is 0 Å². The van der Waals surface area contributed by atoms with Crippen molar-refractivity contribution < 1.29 is 23.9 Å². The highest BCUT2D eigenvalue weighted by atomic mass is 16.5. The van der Waals surface area contributed by atoms with Crippen molar-refractivity contribution in [2.75, 3.05) is 26.2 Å². The third kappa shape index (κ3) is 9.53. The maximum atomic E-state index is 12.5. The number of ether oxygens (including phenoxy) is 1. The highest BCUT2D eigenvalue weighted by Gasteiger charge is 2.17. The fraction of sp³-hybridized carbons (Fsp3) is 0.500. The van der Waals surface area contributed by atoms with Gasteiger partial charge in [-0.15, -0.1) is 0 Å². The van der Waals surface area contributed by atoms with Gasteiger partial charge in [0.2, 0.25) is 11.8 Å². The second kappa shape index (κ2) is 12.6. The van der Waals surface area contributed by atoms with Gasteiger partial charge in [-0.3, -0.25) is 19.2 Å². The van der Waals surface area contributed by atoms with Gasteiger partial charge >= 0.3 is 5.97 Å². The average Bonchev–Trinajstić information content (AvgIpc) is 2.65. The average molecular weight is 376 g/mol. The van der Waals surface area contributed by atoms with Crippen LogP contribution in [-0.4, -0.2) is 54.7 Å². The van der Waals surface area contributed by atoms with Crippen LogP contribution in [0.2, 0.25) is 0 Å². The Kier molecular flexibility index (Phi) is 10.4. The van der Waals surface area contributed by atoms with E-state index in [1.165, 1.54) is 6.92 Å². The molecule has 0 heterocycles. The molecule has 0 saturated carbocycles. The fourth-order valence-electron chi connectivity index (χ4n) is 2.50. The molecule has 1 N–H and O–H groups in total. The number of ketones is 1. The molecule has 148 valence electrons. The van der Waals surface area contributed by atoms with Crippen LogP contribution in [0.4, 0.5) is 0 Å². The minimum absolute atomic E-state index is 0.0800. The van der Waals surface area contributed by atoms with E-state index in [-0.39, 0.29) is 49.4 Å². The molecule has 0 bridgehead atoms. The van der Waals surface area contributed by atoms with Crippen molar-refractivity contribution in [3.63, 3.8) is 0 Å². The van der Waals surface area contributed by atoms with Crippen LogP contribution >= 0.6 is 0 Å². The van der Waals surface area contributed by atoms with Crippen molar-refractivity contribution in [3.8, 4) is 0 Å². The van der Waals surface area contributed by atoms with E-state index in [9.17, 15) is 19.2 Å². The first-order valence-corrected chi connectivity index (χ1v) is 9.20. The predicted octanol–water partition coefficient (Wildman–Crippen LogP) is 1.96. The summed E-state index contributed by atoms with van der Waals surface area (Å²) in [7, 11) is 0. The molecule has 0 unspecified atom stereocenters. The number of nitrogens with one attached hydrogen (secondary N) is 1. The Morgan fingerprint density at radius 1 is 1.00 bits per heavy atom. The summed E-state index contributed by atoms with van der Waals surface area (Å²) in [6.07, 6.45) is 0.869. The van der Waals surface area contributed by atoms with Crippen LogP contribution in [0.5, 0.6) is 0 Å². The molecule has 1 rings (SSSR count). The second-order valence-electron chi connectivity index (χ2n) is 6.06. The molecule has 0 fully saturated rings. The van der Waals surface area contributed by atoms with Crippen molar-refractivity contribution in [1.82, 2.24) is 10.2 Å². The van der Waals surface area contributed by atoms with E-state index in [4.69, 9.17) is 4.74 Å². The van der Waals surface area contributed by atoms with Gasteiger partial charge in [0.15, 0.2) is 5.78 Å². The minimum Gasteiger partial charge on any atom is -0.466 e. The van der Waals surface area contributed by atoms with Gasteiger partial charge in [-0.25, -0.2) is 0 Å². The molecule has 27 heavy (non-hydrogen) atoms. The first-order valence-electron chi connectivity index (χ1n) is 9.20. The molecule has 0 aliphatic heterocycles. The maximum Gasteiger partial charge on any atom is 0.307 e. The molecule has 1 aromatic carbocycles. The molecule has 7 nitrogen and oxygen atoms in total. The summed E-state index contributed by atoms with van der Waals surface area (Å²) in [6.45, 7) is 4.53. The Bertz CT molecular complexity index is 631. The quantitative estimate of drug-likeness (QED) is 0.342. The van der Waals surface area contributed by atoms with E-state index in [1.807, 2.05) is 6.07 Å². The third-order valence-corrected chi connectivity index (χ3v) is 3.88. The number of hydrogen-bond acceptors (Lipinski definition) is 5. The summed E-state index contributed by atoms with van der Waals surface area (Å²) in [5.41, 5.74) is 0.578. The fourth-order valence-corrected chi connectivity index (χ4v) is 2.50. The summed E-state index contributed by atoms with van der Waals surface area (Å²) in [4.78, 5) is 48.7. The predicted molar refractivity (Wildman–Crippen MR) is 101 cm³/mol. The lowest BCUT2D eigenvalue weighted by molar-refractivity contribution is -0.144. The van der Waals surface area contributed by atoms with Crippen LogP contribution in [-0.2, 0) is 19.1 Å². The second-order valence-corrected chi connectivity index (χ2v) is 6.06. The van der Waals surface area contributed by atoms with E-state index < -0.39 is 0 Å². The molecular weight excluding hydrogens is 348 g/mol. The summed E-state index contributed by atoms with van der Waals surface area (Å²) < 4.78 is 4.90. The van der Waals surface area contributed by atoms with Crippen LogP contribution in [0.25, 0.3) is 0 Å². The number of carbonyl (C=O) groups is 4. The minimum atomic E-state index is -0.363. The van der Waals surface area contributed by atoms with E-state index in [2.05, 4.69) is 5.32 Å². The first-order chi connectivity index (χ1) is 12.9. The van der Waals surface area contributed by atoms with Crippen molar-refractivity contribution >= 4 is 23.6 Å². The van der Waals surface area contributed by atoms with Gasteiger partial charge in [0, 0.05) is 45.0 Å². The molecule has 0 radical (unpaired) electrons. The molecule has 7 heteroatoms. The van der Waals surface area contributed by atoms with Crippen LogP contribution in [0.3, 0.4) is 0 Å². The molecule has 2 amide bonds. The van der Waals surface area contributed by atoms with Gasteiger partial charge in [-0.05, 0) is 13.3 Å². The molecule has 1 aromatic rings. The van der Waals surface area contributed by atoms with E-state index in [0.717, 1.165) is 0 Å². The van der Waals surface area contributed by atoms with Crippen molar-refractivity contribution in [2.45, 2.75) is 39.5 Å². The Morgan fingerprint density at radius 3 is 2.33 bits per heavy atom. The Balaban J connectivity index is 2.54. The maximum absolute atomic E-state index is 12.5. The largest absolute Gasteiger partial charge is 0.466 e. The smallest absolute Gasteiger partial charge is 0.307 e. The number of esters is 1. The van der Waals surface area contributed by atoms with Gasteiger partial charge < -0.3 is 15.0 Å². The van der Waals surface area contributed by atoms with Crippen molar-refractivity contribution in [1.29, 1.82) is 0 Å². The molecule has 0 atom stereocenters.